The quantitative estimate of drug-likeness (QED) is 0.859. The van der Waals surface area contributed by atoms with Crippen molar-refractivity contribution in [2.45, 2.75) is 6.92 Å². The molecule has 2 rings (SSSR count). The molecule has 0 aliphatic heterocycles. The summed E-state index contributed by atoms with van der Waals surface area (Å²) in [7, 11) is 1.56. The number of pyridine rings is 1. The molecule has 20 heavy (non-hydrogen) atoms. The van der Waals surface area contributed by atoms with E-state index in [2.05, 4.69) is 20.9 Å². The number of ether oxygens (including phenoxy) is 1. The molecule has 0 radical (unpaired) electrons. The van der Waals surface area contributed by atoms with Gasteiger partial charge in [0.05, 0.1) is 12.7 Å². The molecular weight excluding hydrogens is 320 g/mol. The van der Waals surface area contributed by atoms with Crippen LogP contribution in [-0.2, 0) is 0 Å². The molecule has 1 amide bonds. The zero-order chi connectivity index (χ0) is 14.5. The van der Waals surface area contributed by atoms with Crippen LogP contribution in [0.4, 0.5) is 5.69 Å². The fraction of sp³-hybridized carbons (Fsp3) is 0.200. The molecule has 1 aromatic heterocycles. The number of benzene rings is 1. The maximum Gasteiger partial charge on any atom is 0.262 e. The van der Waals surface area contributed by atoms with Gasteiger partial charge in [-0.2, -0.15) is 0 Å². The second-order valence-electron chi connectivity index (χ2n) is 4.10. The summed E-state index contributed by atoms with van der Waals surface area (Å²) in [5, 5.41) is 0. The smallest absolute Gasteiger partial charge is 0.262 e. The lowest BCUT2D eigenvalue weighted by Crippen LogP contribution is -2.30. The molecule has 104 valence electrons. The maximum atomic E-state index is 12.7. The van der Waals surface area contributed by atoms with Gasteiger partial charge in [-0.05, 0) is 37.3 Å². The molecule has 1 heterocycles. The molecule has 0 fully saturated rings. The van der Waals surface area contributed by atoms with Gasteiger partial charge in [-0.15, -0.1) is 0 Å². The van der Waals surface area contributed by atoms with E-state index in [1.165, 1.54) is 0 Å². The highest BCUT2D eigenvalue weighted by Gasteiger charge is 2.19. The van der Waals surface area contributed by atoms with Gasteiger partial charge in [-0.3, -0.25) is 9.78 Å². The fourth-order valence-corrected chi connectivity index (χ4v) is 2.29. The van der Waals surface area contributed by atoms with Crippen LogP contribution in [0.25, 0.3) is 0 Å². The van der Waals surface area contributed by atoms with Gasteiger partial charge in [0.1, 0.15) is 5.75 Å². The highest BCUT2D eigenvalue weighted by molar-refractivity contribution is 9.10. The molecule has 4 nitrogen and oxygen atoms in total. The lowest BCUT2D eigenvalue weighted by Gasteiger charge is -2.22. The van der Waals surface area contributed by atoms with Crippen LogP contribution in [0, 0.1) is 0 Å². The Morgan fingerprint density at radius 2 is 2.00 bits per heavy atom. The van der Waals surface area contributed by atoms with Crippen LogP contribution < -0.4 is 9.64 Å². The Labute approximate surface area is 126 Å². The summed E-state index contributed by atoms with van der Waals surface area (Å²) < 4.78 is 6.16. The minimum absolute atomic E-state index is 0.0944. The molecule has 1 aromatic carbocycles. The van der Waals surface area contributed by atoms with Crippen molar-refractivity contribution in [3.63, 3.8) is 0 Å². The van der Waals surface area contributed by atoms with Gasteiger partial charge in [0.15, 0.2) is 0 Å². The van der Waals surface area contributed by atoms with E-state index < -0.39 is 0 Å². The predicted octanol–water partition coefficient (Wildman–Crippen LogP) is 3.52. The Bertz CT molecular complexity index is 602. The molecule has 0 aliphatic carbocycles. The topological polar surface area (TPSA) is 42.4 Å². The van der Waals surface area contributed by atoms with Crippen molar-refractivity contribution < 1.29 is 9.53 Å². The van der Waals surface area contributed by atoms with E-state index in [0.717, 1.165) is 10.2 Å². The van der Waals surface area contributed by atoms with E-state index in [4.69, 9.17) is 4.74 Å². The Kier molecular flexibility index (Phi) is 4.74. The maximum absolute atomic E-state index is 12.7. The molecule has 0 saturated carbocycles. The minimum atomic E-state index is -0.0944. The Balaban J connectivity index is 2.39. The van der Waals surface area contributed by atoms with Crippen LogP contribution in [0.5, 0.6) is 5.75 Å². The molecule has 5 heteroatoms. The van der Waals surface area contributed by atoms with Gasteiger partial charge in [-0.1, -0.05) is 15.9 Å². The first-order valence-corrected chi connectivity index (χ1v) is 7.02. The van der Waals surface area contributed by atoms with E-state index in [-0.39, 0.29) is 5.91 Å². The highest BCUT2D eigenvalue weighted by Crippen LogP contribution is 2.26. The number of aromatic nitrogens is 1. The van der Waals surface area contributed by atoms with Crippen LogP contribution in [0.1, 0.15) is 17.3 Å². The fourth-order valence-electron chi connectivity index (χ4n) is 1.95. The van der Waals surface area contributed by atoms with Crippen LogP contribution >= 0.6 is 15.9 Å². The molecule has 0 unspecified atom stereocenters. The summed E-state index contributed by atoms with van der Waals surface area (Å²) in [6, 6.07) is 9.00. The van der Waals surface area contributed by atoms with E-state index in [0.29, 0.717) is 17.9 Å². The Hall–Kier alpha value is -1.88. The van der Waals surface area contributed by atoms with Crippen molar-refractivity contribution in [1.29, 1.82) is 0 Å². The average Bonchev–Trinajstić information content (AvgIpc) is 2.48. The number of hydrogen-bond acceptors (Lipinski definition) is 3. The molecule has 0 atom stereocenters. The predicted molar refractivity (Wildman–Crippen MR) is 82.3 cm³/mol. The lowest BCUT2D eigenvalue weighted by molar-refractivity contribution is 0.0985. The van der Waals surface area contributed by atoms with Gasteiger partial charge >= 0.3 is 0 Å². The summed E-state index contributed by atoms with van der Waals surface area (Å²) in [6.07, 6.45) is 3.34. The Morgan fingerprint density at radius 3 is 2.60 bits per heavy atom. The van der Waals surface area contributed by atoms with E-state index in [1.807, 2.05) is 25.1 Å². The van der Waals surface area contributed by atoms with Crippen LogP contribution in [0.15, 0.2) is 47.2 Å². The van der Waals surface area contributed by atoms with Crippen LogP contribution in [0.3, 0.4) is 0 Å². The molecule has 0 aliphatic rings. The third-order valence-electron chi connectivity index (χ3n) is 2.93. The summed E-state index contributed by atoms with van der Waals surface area (Å²) >= 11 is 3.37. The summed E-state index contributed by atoms with van der Waals surface area (Å²) in [4.78, 5) is 18.3. The van der Waals surface area contributed by atoms with Gasteiger partial charge < -0.3 is 9.64 Å². The standard InChI is InChI=1S/C15H15BrN2O2/c1-3-18(12-6-8-17-9-7-12)15(19)13-5-4-11(16)10-14(13)20-2/h4-10H,3H2,1-2H3. The number of rotatable bonds is 4. The molecule has 0 bridgehead atoms. The van der Waals surface area contributed by atoms with Crippen molar-refractivity contribution in [2.24, 2.45) is 0 Å². The van der Waals surface area contributed by atoms with Crippen molar-refractivity contribution in [1.82, 2.24) is 4.98 Å². The first-order valence-electron chi connectivity index (χ1n) is 6.22. The van der Waals surface area contributed by atoms with Gasteiger partial charge in [0.2, 0.25) is 0 Å². The first kappa shape index (κ1) is 14.5. The van der Waals surface area contributed by atoms with E-state index >= 15 is 0 Å². The van der Waals surface area contributed by atoms with E-state index in [1.54, 1.807) is 36.5 Å². The number of halogens is 1. The number of carbonyl (C=O) groups excluding carboxylic acids is 1. The largest absolute Gasteiger partial charge is 0.496 e. The Morgan fingerprint density at radius 1 is 1.30 bits per heavy atom. The van der Waals surface area contributed by atoms with E-state index in [9.17, 15) is 4.79 Å². The monoisotopic (exact) mass is 334 g/mol. The number of nitrogens with zero attached hydrogens (tertiary/aromatic N) is 2. The highest BCUT2D eigenvalue weighted by atomic mass is 79.9. The zero-order valence-corrected chi connectivity index (χ0v) is 12.9. The number of carbonyl (C=O) groups is 1. The van der Waals surface area contributed by atoms with Gasteiger partial charge in [0.25, 0.3) is 5.91 Å². The summed E-state index contributed by atoms with van der Waals surface area (Å²) in [6.45, 7) is 2.51. The third-order valence-corrected chi connectivity index (χ3v) is 3.42. The van der Waals surface area contributed by atoms with Crippen molar-refractivity contribution in [2.75, 3.05) is 18.6 Å². The molecule has 0 spiro atoms. The number of anilines is 1. The molecule has 0 N–H and O–H groups in total. The third kappa shape index (κ3) is 2.99. The van der Waals surface area contributed by atoms with Gasteiger partial charge in [0, 0.05) is 29.1 Å². The van der Waals surface area contributed by atoms with Crippen molar-refractivity contribution >= 4 is 27.5 Å². The number of methoxy groups -OCH3 is 1. The second kappa shape index (κ2) is 6.52. The molecule has 2 aromatic rings. The minimum Gasteiger partial charge on any atom is -0.496 e. The summed E-state index contributed by atoms with van der Waals surface area (Å²) in [5.41, 5.74) is 1.35. The van der Waals surface area contributed by atoms with Crippen molar-refractivity contribution in [3.8, 4) is 5.75 Å². The average molecular weight is 335 g/mol. The number of hydrogen-bond donors (Lipinski definition) is 0. The molecular formula is C15H15BrN2O2. The van der Waals surface area contributed by atoms with Crippen molar-refractivity contribution in [3.05, 3.63) is 52.8 Å². The summed E-state index contributed by atoms with van der Waals surface area (Å²) in [5.74, 6) is 0.458. The van der Waals surface area contributed by atoms with Gasteiger partial charge in [-0.25, -0.2) is 0 Å². The zero-order valence-electron chi connectivity index (χ0n) is 11.3. The lowest BCUT2D eigenvalue weighted by atomic mass is 10.1. The number of amides is 1. The normalized spacial score (nSPS) is 10.2. The molecule has 0 saturated heterocycles. The second-order valence-corrected chi connectivity index (χ2v) is 5.02. The SMILES string of the molecule is CCN(C(=O)c1ccc(Br)cc1OC)c1ccncc1. The van der Waals surface area contributed by atoms with Crippen LogP contribution in [-0.4, -0.2) is 24.5 Å². The van der Waals surface area contributed by atoms with Crippen LogP contribution in [0.2, 0.25) is 0 Å². The first-order chi connectivity index (χ1) is 9.67.